The van der Waals surface area contributed by atoms with E-state index in [9.17, 15) is 4.79 Å². The third kappa shape index (κ3) is 4.11. The minimum atomic E-state index is 0.0451. The van der Waals surface area contributed by atoms with Gasteiger partial charge in [-0.2, -0.15) is 0 Å². The van der Waals surface area contributed by atoms with Crippen molar-refractivity contribution < 1.29 is 9.53 Å². The molecule has 0 aliphatic carbocycles. The quantitative estimate of drug-likeness (QED) is 0.857. The van der Waals surface area contributed by atoms with Crippen molar-refractivity contribution in [3.8, 4) is 5.75 Å². The maximum absolute atomic E-state index is 12.5. The van der Waals surface area contributed by atoms with Crippen molar-refractivity contribution in [2.45, 2.75) is 26.9 Å². The lowest BCUT2D eigenvalue weighted by Crippen LogP contribution is -2.48. The molecule has 0 bridgehead atoms. The molecule has 1 aromatic carbocycles. The molecule has 1 aliphatic heterocycles. The van der Waals surface area contributed by atoms with Gasteiger partial charge in [0.25, 0.3) is 5.91 Å². The SMILES string of the molecule is CCN1CCN(C(=O)c2ccc(OC(C)C)c(Cl)c2)CC1. The van der Waals surface area contributed by atoms with Crippen LogP contribution in [0.1, 0.15) is 31.1 Å². The molecule has 0 N–H and O–H groups in total. The van der Waals surface area contributed by atoms with Crippen molar-refractivity contribution in [2.75, 3.05) is 32.7 Å². The van der Waals surface area contributed by atoms with E-state index >= 15 is 0 Å². The van der Waals surface area contributed by atoms with Gasteiger partial charge in [-0.3, -0.25) is 4.79 Å². The Balaban J connectivity index is 2.04. The van der Waals surface area contributed by atoms with Gasteiger partial charge in [-0.15, -0.1) is 0 Å². The maximum atomic E-state index is 12.5. The monoisotopic (exact) mass is 310 g/mol. The van der Waals surface area contributed by atoms with E-state index in [-0.39, 0.29) is 12.0 Å². The minimum Gasteiger partial charge on any atom is -0.489 e. The number of nitrogens with zero attached hydrogens (tertiary/aromatic N) is 2. The first-order valence-electron chi connectivity index (χ1n) is 7.49. The van der Waals surface area contributed by atoms with E-state index in [1.54, 1.807) is 18.2 Å². The molecule has 1 heterocycles. The number of likely N-dealkylation sites (N-methyl/N-ethyl adjacent to an activating group) is 1. The van der Waals surface area contributed by atoms with Gasteiger partial charge in [-0.05, 0) is 38.6 Å². The number of halogens is 1. The van der Waals surface area contributed by atoms with E-state index in [2.05, 4.69) is 11.8 Å². The highest BCUT2D eigenvalue weighted by molar-refractivity contribution is 6.32. The zero-order chi connectivity index (χ0) is 15.4. The molecular weight excluding hydrogens is 288 g/mol. The zero-order valence-electron chi connectivity index (χ0n) is 12.9. The van der Waals surface area contributed by atoms with Crippen LogP contribution in [0.25, 0.3) is 0 Å². The first-order valence-corrected chi connectivity index (χ1v) is 7.87. The van der Waals surface area contributed by atoms with Crippen LogP contribution in [-0.4, -0.2) is 54.5 Å². The Labute approximate surface area is 131 Å². The largest absolute Gasteiger partial charge is 0.489 e. The fourth-order valence-electron chi connectivity index (χ4n) is 2.43. The Morgan fingerprint density at radius 1 is 1.29 bits per heavy atom. The van der Waals surface area contributed by atoms with Crippen LogP contribution in [0.2, 0.25) is 5.02 Å². The lowest BCUT2D eigenvalue weighted by Gasteiger charge is -2.34. The number of benzene rings is 1. The van der Waals surface area contributed by atoms with Crippen molar-refractivity contribution in [1.82, 2.24) is 9.80 Å². The van der Waals surface area contributed by atoms with Crippen LogP contribution < -0.4 is 4.74 Å². The maximum Gasteiger partial charge on any atom is 0.253 e. The highest BCUT2D eigenvalue weighted by Gasteiger charge is 2.22. The Hall–Kier alpha value is -1.26. The number of hydrogen-bond acceptors (Lipinski definition) is 3. The molecule has 0 unspecified atom stereocenters. The lowest BCUT2D eigenvalue weighted by atomic mass is 10.1. The van der Waals surface area contributed by atoms with Crippen molar-refractivity contribution in [2.24, 2.45) is 0 Å². The van der Waals surface area contributed by atoms with Gasteiger partial charge in [0.05, 0.1) is 11.1 Å². The number of amides is 1. The standard InChI is InChI=1S/C16H23ClN2O2/c1-4-18-7-9-19(10-8-18)16(20)13-5-6-15(14(17)11-13)21-12(2)3/h5-6,11-12H,4,7-10H2,1-3H3. The molecule has 0 spiro atoms. The van der Waals surface area contributed by atoms with Crippen LogP contribution in [0.4, 0.5) is 0 Å². The van der Waals surface area contributed by atoms with Crippen molar-refractivity contribution in [1.29, 1.82) is 0 Å². The molecule has 5 heteroatoms. The third-order valence-corrected chi connectivity index (χ3v) is 3.94. The minimum absolute atomic E-state index is 0.0451. The van der Waals surface area contributed by atoms with Crippen molar-refractivity contribution >= 4 is 17.5 Å². The molecule has 0 radical (unpaired) electrons. The predicted octanol–water partition coefficient (Wildman–Crippen LogP) is 2.90. The molecule has 0 aromatic heterocycles. The van der Waals surface area contributed by atoms with Crippen molar-refractivity contribution in [3.63, 3.8) is 0 Å². The summed E-state index contributed by atoms with van der Waals surface area (Å²) in [5.74, 6) is 0.669. The summed E-state index contributed by atoms with van der Waals surface area (Å²) in [6.45, 7) is 10.5. The van der Waals surface area contributed by atoms with E-state index in [1.807, 2.05) is 18.7 Å². The summed E-state index contributed by atoms with van der Waals surface area (Å²) in [7, 11) is 0. The molecule has 1 aliphatic rings. The molecule has 1 saturated heterocycles. The number of carbonyl (C=O) groups is 1. The summed E-state index contributed by atoms with van der Waals surface area (Å²) < 4.78 is 5.59. The van der Waals surface area contributed by atoms with Gasteiger partial charge >= 0.3 is 0 Å². The zero-order valence-corrected chi connectivity index (χ0v) is 13.7. The Bertz CT molecular complexity index is 497. The average Bonchev–Trinajstić information content (AvgIpc) is 2.48. The highest BCUT2D eigenvalue weighted by atomic mass is 35.5. The van der Waals surface area contributed by atoms with Crippen LogP contribution in [0.15, 0.2) is 18.2 Å². The average molecular weight is 311 g/mol. The van der Waals surface area contributed by atoms with Crippen LogP contribution in [0, 0.1) is 0 Å². The molecule has 0 saturated carbocycles. The van der Waals surface area contributed by atoms with Crippen LogP contribution in [0.5, 0.6) is 5.75 Å². The van der Waals surface area contributed by atoms with Gasteiger partial charge < -0.3 is 14.5 Å². The van der Waals surface area contributed by atoms with E-state index in [1.165, 1.54) is 0 Å². The van der Waals surface area contributed by atoms with Gasteiger partial charge in [0.1, 0.15) is 5.75 Å². The summed E-state index contributed by atoms with van der Waals surface area (Å²) in [5.41, 5.74) is 0.626. The van der Waals surface area contributed by atoms with Gasteiger partial charge in [0.15, 0.2) is 0 Å². The Morgan fingerprint density at radius 3 is 2.48 bits per heavy atom. The Kier molecular flexibility index (Phi) is 5.48. The second-order valence-corrected chi connectivity index (χ2v) is 5.95. The Morgan fingerprint density at radius 2 is 1.95 bits per heavy atom. The topological polar surface area (TPSA) is 32.8 Å². The fraction of sp³-hybridized carbons (Fsp3) is 0.562. The highest BCUT2D eigenvalue weighted by Crippen LogP contribution is 2.27. The first kappa shape index (κ1) is 16.1. The van der Waals surface area contributed by atoms with Crippen molar-refractivity contribution in [3.05, 3.63) is 28.8 Å². The molecule has 1 fully saturated rings. The molecule has 0 atom stereocenters. The predicted molar refractivity (Wildman–Crippen MR) is 85.2 cm³/mol. The summed E-state index contributed by atoms with van der Waals surface area (Å²) >= 11 is 6.20. The number of piperazine rings is 1. The molecule has 4 nitrogen and oxygen atoms in total. The molecule has 116 valence electrons. The molecule has 21 heavy (non-hydrogen) atoms. The first-order chi connectivity index (χ1) is 10.0. The van der Waals surface area contributed by atoms with Gasteiger partial charge in [0.2, 0.25) is 0 Å². The second-order valence-electron chi connectivity index (χ2n) is 5.54. The molecule has 1 aromatic rings. The van der Waals surface area contributed by atoms with E-state index in [0.717, 1.165) is 32.7 Å². The third-order valence-electron chi connectivity index (χ3n) is 3.65. The number of rotatable bonds is 4. The molecule has 2 rings (SSSR count). The smallest absolute Gasteiger partial charge is 0.253 e. The summed E-state index contributed by atoms with van der Waals surface area (Å²) in [6, 6.07) is 5.27. The number of hydrogen-bond donors (Lipinski definition) is 0. The van der Waals surface area contributed by atoms with Gasteiger partial charge in [0, 0.05) is 31.7 Å². The van der Waals surface area contributed by atoms with E-state index in [4.69, 9.17) is 16.3 Å². The lowest BCUT2D eigenvalue weighted by molar-refractivity contribution is 0.0643. The molecular formula is C16H23ClN2O2. The number of carbonyl (C=O) groups excluding carboxylic acids is 1. The normalized spacial score (nSPS) is 16.3. The van der Waals surface area contributed by atoms with Gasteiger partial charge in [-0.25, -0.2) is 0 Å². The van der Waals surface area contributed by atoms with Crippen LogP contribution in [-0.2, 0) is 0 Å². The van der Waals surface area contributed by atoms with Crippen LogP contribution in [0.3, 0.4) is 0 Å². The fourth-order valence-corrected chi connectivity index (χ4v) is 2.66. The van der Waals surface area contributed by atoms with E-state index < -0.39 is 0 Å². The summed E-state index contributed by atoms with van der Waals surface area (Å²) in [4.78, 5) is 16.7. The second kappa shape index (κ2) is 7.14. The van der Waals surface area contributed by atoms with Gasteiger partial charge in [-0.1, -0.05) is 18.5 Å². The number of ether oxygens (including phenoxy) is 1. The summed E-state index contributed by atoms with van der Waals surface area (Å²) in [5, 5.41) is 0.488. The summed E-state index contributed by atoms with van der Waals surface area (Å²) in [6.07, 6.45) is 0.0613. The van der Waals surface area contributed by atoms with E-state index in [0.29, 0.717) is 16.3 Å². The van der Waals surface area contributed by atoms with Crippen LogP contribution >= 0.6 is 11.6 Å². The molecule has 1 amide bonds.